The van der Waals surface area contributed by atoms with Gasteiger partial charge in [0, 0.05) is 6.92 Å². The van der Waals surface area contributed by atoms with Crippen LogP contribution in [0.4, 0.5) is 0 Å². The molecule has 1 saturated heterocycles. The molecule has 0 bridgehead atoms. The van der Waals surface area contributed by atoms with Crippen LogP contribution >= 0.6 is 23.5 Å². The average Bonchev–Trinajstić information content (AvgIpc) is 3.44. The fraction of sp³-hybridized carbons (Fsp3) is 0.143. The maximum absolute atomic E-state index is 12.6. The highest BCUT2D eigenvalue weighted by atomic mass is 32.2. The molecule has 1 unspecified atom stereocenters. The summed E-state index contributed by atoms with van der Waals surface area (Å²) in [5.74, 6) is 0.337. The van der Waals surface area contributed by atoms with Crippen LogP contribution in [0.2, 0.25) is 0 Å². The normalized spacial score (nSPS) is 21.3. The maximum atomic E-state index is 12.6. The number of aliphatic imine (C=N–C) groups is 1. The minimum absolute atomic E-state index is 0.186. The van der Waals surface area contributed by atoms with Crippen LogP contribution in [0.1, 0.15) is 30.5 Å². The van der Waals surface area contributed by atoms with Gasteiger partial charge >= 0.3 is 0 Å². The number of hydrogen-bond donors (Lipinski definition) is 1. The minimum atomic E-state index is -0.719. The van der Waals surface area contributed by atoms with Crippen molar-refractivity contribution in [2.45, 2.75) is 25.3 Å². The van der Waals surface area contributed by atoms with E-state index in [1.165, 1.54) is 35.5 Å². The largest absolute Gasteiger partial charge is 0.489 e. The molecule has 1 N–H and O–H groups in total. The SMILES string of the molecule is CC(=O)N1N=C(N=C2NC(=O)/C(=C/c3ccc(OCc4ccccc4)cc3)S2)SC1(C)c1ccccc1. The molecule has 2 amide bonds. The predicted molar refractivity (Wildman–Crippen MR) is 150 cm³/mol. The first-order valence-electron chi connectivity index (χ1n) is 11.6. The molecule has 3 aromatic rings. The highest BCUT2D eigenvalue weighted by Gasteiger charge is 2.44. The third kappa shape index (κ3) is 5.63. The zero-order valence-electron chi connectivity index (χ0n) is 20.3. The lowest BCUT2D eigenvalue weighted by Gasteiger charge is -2.30. The van der Waals surface area contributed by atoms with Gasteiger partial charge in [0.25, 0.3) is 5.91 Å². The molecule has 1 atom stereocenters. The molecule has 2 aliphatic heterocycles. The summed E-state index contributed by atoms with van der Waals surface area (Å²) in [5.41, 5.74) is 2.91. The van der Waals surface area contributed by atoms with Crippen LogP contribution in [0.25, 0.3) is 6.08 Å². The first-order chi connectivity index (χ1) is 17.9. The second-order valence-electron chi connectivity index (χ2n) is 8.49. The smallest absolute Gasteiger partial charge is 0.264 e. The summed E-state index contributed by atoms with van der Waals surface area (Å²) in [7, 11) is 0. The first-order valence-corrected chi connectivity index (χ1v) is 13.2. The Labute approximate surface area is 223 Å². The number of hydrazone groups is 1. The minimum Gasteiger partial charge on any atom is -0.489 e. The third-order valence-electron chi connectivity index (χ3n) is 5.76. The van der Waals surface area contributed by atoms with Crippen LogP contribution in [0.3, 0.4) is 0 Å². The average molecular weight is 529 g/mol. The fourth-order valence-corrected chi connectivity index (χ4v) is 5.89. The molecule has 7 nitrogen and oxygen atoms in total. The standard InChI is InChI=1S/C28H24N4O3S2/c1-19(33)32-28(2,22-11-7-4-8-12-22)37-27(31-32)30-26-29-25(34)24(36-26)17-20-13-15-23(16-14-20)35-18-21-9-5-3-6-10-21/h3-17H,18H2,1-2H3,(H,29,30,31,34)/b24-17-. The molecule has 3 aromatic carbocycles. The monoisotopic (exact) mass is 528 g/mol. The highest BCUT2D eigenvalue weighted by molar-refractivity contribution is 8.19. The van der Waals surface area contributed by atoms with Gasteiger partial charge in [0.1, 0.15) is 17.2 Å². The molecule has 1 fully saturated rings. The van der Waals surface area contributed by atoms with Crippen molar-refractivity contribution < 1.29 is 14.3 Å². The van der Waals surface area contributed by atoms with E-state index in [4.69, 9.17) is 4.74 Å². The van der Waals surface area contributed by atoms with Gasteiger partial charge in [-0.2, -0.15) is 4.99 Å². The van der Waals surface area contributed by atoms with Crippen molar-refractivity contribution in [1.82, 2.24) is 10.3 Å². The van der Waals surface area contributed by atoms with Gasteiger partial charge in [-0.25, -0.2) is 5.01 Å². The number of thioether (sulfide) groups is 2. The lowest BCUT2D eigenvalue weighted by molar-refractivity contribution is -0.131. The summed E-state index contributed by atoms with van der Waals surface area (Å²) in [6.07, 6.45) is 1.81. The number of ether oxygens (including phenoxy) is 1. The van der Waals surface area contributed by atoms with Crippen LogP contribution in [0, 0.1) is 0 Å². The van der Waals surface area contributed by atoms with E-state index < -0.39 is 4.87 Å². The molecule has 186 valence electrons. The van der Waals surface area contributed by atoms with E-state index in [0.29, 0.717) is 21.8 Å². The molecule has 2 aliphatic rings. The van der Waals surface area contributed by atoms with E-state index in [9.17, 15) is 9.59 Å². The highest BCUT2D eigenvalue weighted by Crippen LogP contribution is 2.46. The zero-order chi connectivity index (χ0) is 25.8. The molecular weight excluding hydrogens is 504 g/mol. The number of nitrogens with one attached hydrogen (secondary N) is 1. The zero-order valence-corrected chi connectivity index (χ0v) is 21.9. The number of benzene rings is 3. The van der Waals surface area contributed by atoms with Crippen molar-refractivity contribution >= 4 is 51.7 Å². The number of hydrogen-bond acceptors (Lipinski definition) is 7. The van der Waals surface area contributed by atoms with Crippen molar-refractivity contribution in [2.24, 2.45) is 10.1 Å². The quantitative estimate of drug-likeness (QED) is 0.438. The summed E-state index contributed by atoms with van der Waals surface area (Å²) in [6, 6.07) is 27.2. The van der Waals surface area contributed by atoms with Gasteiger partial charge in [0.2, 0.25) is 11.1 Å². The van der Waals surface area contributed by atoms with E-state index in [1.807, 2.05) is 97.9 Å². The van der Waals surface area contributed by atoms with Crippen LogP contribution in [-0.4, -0.2) is 27.2 Å². The summed E-state index contributed by atoms with van der Waals surface area (Å²) in [6.45, 7) is 3.90. The second kappa shape index (κ2) is 10.7. The summed E-state index contributed by atoms with van der Waals surface area (Å²) < 4.78 is 5.84. The lowest BCUT2D eigenvalue weighted by atomic mass is 10.1. The van der Waals surface area contributed by atoms with Crippen LogP contribution in [0.15, 0.2) is 99.9 Å². The molecule has 9 heteroatoms. The Bertz CT molecular complexity index is 1410. The lowest BCUT2D eigenvalue weighted by Crippen LogP contribution is -2.37. The van der Waals surface area contributed by atoms with Gasteiger partial charge in [-0.15, -0.1) is 5.10 Å². The molecule has 0 aromatic heterocycles. The first kappa shape index (κ1) is 24.9. The van der Waals surface area contributed by atoms with E-state index in [-0.39, 0.29) is 11.8 Å². The summed E-state index contributed by atoms with van der Waals surface area (Å²) in [5, 5.41) is 9.50. The van der Waals surface area contributed by atoms with Crippen molar-refractivity contribution in [1.29, 1.82) is 0 Å². The van der Waals surface area contributed by atoms with Gasteiger partial charge in [0.05, 0.1) is 4.91 Å². The van der Waals surface area contributed by atoms with Crippen LogP contribution in [-0.2, 0) is 21.1 Å². The number of nitrogens with zero attached hydrogens (tertiary/aromatic N) is 3. The Morgan fingerprint density at radius 1 is 1.05 bits per heavy atom. The van der Waals surface area contributed by atoms with Crippen LogP contribution in [0.5, 0.6) is 5.75 Å². The Hall–Kier alpha value is -3.82. The fourth-order valence-electron chi connectivity index (χ4n) is 3.89. The van der Waals surface area contributed by atoms with E-state index in [2.05, 4.69) is 15.4 Å². The Balaban J connectivity index is 1.27. The van der Waals surface area contributed by atoms with Crippen molar-refractivity contribution in [3.8, 4) is 5.75 Å². The Morgan fingerprint density at radius 3 is 2.41 bits per heavy atom. The molecule has 0 saturated carbocycles. The van der Waals surface area contributed by atoms with E-state index >= 15 is 0 Å². The topological polar surface area (TPSA) is 83.4 Å². The number of rotatable bonds is 5. The third-order valence-corrected chi connectivity index (χ3v) is 7.83. The van der Waals surface area contributed by atoms with Crippen molar-refractivity contribution in [3.05, 3.63) is 107 Å². The number of amides is 2. The Morgan fingerprint density at radius 2 is 1.73 bits per heavy atom. The van der Waals surface area contributed by atoms with Gasteiger partial charge in [-0.1, -0.05) is 72.8 Å². The van der Waals surface area contributed by atoms with Gasteiger partial charge in [-0.05, 0) is 65.3 Å². The molecule has 0 aliphatic carbocycles. The van der Waals surface area contributed by atoms with Gasteiger partial charge in [0.15, 0.2) is 5.17 Å². The Kier molecular flexibility index (Phi) is 7.16. The van der Waals surface area contributed by atoms with Crippen LogP contribution < -0.4 is 10.1 Å². The molecule has 0 spiro atoms. The molecule has 37 heavy (non-hydrogen) atoms. The summed E-state index contributed by atoms with van der Waals surface area (Å²) >= 11 is 2.61. The summed E-state index contributed by atoms with van der Waals surface area (Å²) in [4.78, 5) is 29.3. The van der Waals surface area contributed by atoms with Crippen molar-refractivity contribution in [2.75, 3.05) is 0 Å². The number of carbonyl (C=O) groups excluding carboxylic acids is 2. The van der Waals surface area contributed by atoms with Gasteiger partial charge < -0.3 is 10.1 Å². The molecule has 5 rings (SSSR count). The number of amidine groups is 2. The van der Waals surface area contributed by atoms with E-state index in [1.54, 1.807) is 0 Å². The van der Waals surface area contributed by atoms with E-state index in [0.717, 1.165) is 22.4 Å². The maximum Gasteiger partial charge on any atom is 0.264 e. The molecule has 0 radical (unpaired) electrons. The molecule has 2 heterocycles. The second-order valence-corrected chi connectivity index (χ2v) is 10.9. The van der Waals surface area contributed by atoms with Gasteiger partial charge in [-0.3, -0.25) is 9.59 Å². The van der Waals surface area contributed by atoms with Crippen molar-refractivity contribution in [3.63, 3.8) is 0 Å². The number of carbonyl (C=O) groups is 2. The predicted octanol–water partition coefficient (Wildman–Crippen LogP) is 5.56. The molecular formula is C28H24N4O3S2.